The van der Waals surface area contributed by atoms with E-state index in [0.29, 0.717) is 5.75 Å². The maximum atomic E-state index is 12.0. The molecule has 0 fully saturated rings. The zero-order valence-corrected chi connectivity index (χ0v) is 14.7. The van der Waals surface area contributed by atoms with Crippen LogP contribution in [0.5, 0.6) is 11.5 Å². The van der Waals surface area contributed by atoms with E-state index in [4.69, 9.17) is 19.3 Å². The van der Waals surface area contributed by atoms with Gasteiger partial charge in [-0.15, -0.1) is 0 Å². The number of hydrogen-bond acceptors (Lipinski definition) is 6. The quantitative estimate of drug-likeness (QED) is 0.593. The third-order valence-corrected chi connectivity index (χ3v) is 4.31. The minimum Gasteiger partial charge on any atom is -0.495 e. The Morgan fingerprint density at radius 1 is 1.08 bits per heavy atom. The van der Waals surface area contributed by atoms with Crippen molar-refractivity contribution < 1.29 is 27.4 Å². The number of aryl methyl sites for hydroxylation is 1. The van der Waals surface area contributed by atoms with E-state index >= 15 is 0 Å². The van der Waals surface area contributed by atoms with E-state index in [9.17, 15) is 13.2 Å². The molecule has 0 aliphatic heterocycles. The van der Waals surface area contributed by atoms with Gasteiger partial charge in [-0.1, -0.05) is 18.2 Å². The van der Waals surface area contributed by atoms with E-state index in [1.807, 2.05) is 31.2 Å². The molecule has 0 aromatic heterocycles. The van der Waals surface area contributed by atoms with Gasteiger partial charge in [0.1, 0.15) is 29.6 Å². The molecule has 0 heterocycles. The van der Waals surface area contributed by atoms with Gasteiger partial charge in [0.05, 0.1) is 12.7 Å². The van der Waals surface area contributed by atoms with E-state index in [1.165, 1.54) is 19.2 Å². The number of nitrogens with two attached hydrogens (primary N) is 1. The molecule has 0 bridgehead atoms. The van der Waals surface area contributed by atoms with Crippen LogP contribution in [0.4, 0.5) is 0 Å². The summed E-state index contributed by atoms with van der Waals surface area (Å²) >= 11 is 0. The highest BCUT2D eigenvalue weighted by Crippen LogP contribution is 2.24. The van der Waals surface area contributed by atoms with Gasteiger partial charge >= 0.3 is 5.97 Å². The molecule has 0 radical (unpaired) electrons. The Kier molecular flexibility index (Phi) is 6.00. The number of ether oxygens (including phenoxy) is 3. The lowest BCUT2D eigenvalue weighted by atomic mass is 10.2. The number of rotatable bonds is 7. The lowest BCUT2D eigenvalue weighted by Gasteiger charge is -2.11. The van der Waals surface area contributed by atoms with Crippen molar-refractivity contribution in [3.63, 3.8) is 0 Å². The van der Waals surface area contributed by atoms with Gasteiger partial charge in [0, 0.05) is 0 Å². The first-order valence-corrected chi connectivity index (χ1v) is 8.94. The fourth-order valence-electron chi connectivity index (χ4n) is 2.11. The Morgan fingerprint density at radius 2 is 1.80 bits per heavy atom. The molecule has 2 N–H and O–H groups in total. The predicted molar refractivity (Wildman–Crippen MR) is 91.3 cm³/mol. The smallest absolute Gasteiger partial charge is 0.338 e. The van der Waals surface area contributed by atoms with Crippen LogP contribution in [0.2, 0.25) is 0 Å². The topological polar surface area (TPSA) is 105 Å². The largest absolute Gasteiger partial charge is 0.495 e. The number of hydrogen-bond donors (Lipinski definition) is 1. The number of benzene rings is 2. The van der Waals surface area contributed by atoms with Crippen LogP contribution < -0.4 is 14.6 Å². The molecule has 2 aromatic rings. The van der Waals surface area contributed by atoms with Gasteiger partial charge in [0.15, 0.2) is 0 Å². The summed E-state index contributed by atoms with van der Waals surface area (Å²) in [5.74, 6) is 0.0855. The molecule has 0 unspecified atom stereocenters. The van der Waals surface area contributed by atoms with E-state index < -0.39 is 16.0 Å². The van der Waals surface area contributed by atoms with Gasteiger partial charge in [-0.2, -0.15) is 0 Å². The average Bonchev–Trinajstić information content (AvgIpc) is 2.58. The number of esters is 1. The molecule has 2 aromatic carbocycles. The maximum absolute atomic E-state index is 12.0. The molecule has 0 saturated heterocycles. The summed E-state index contributed by atoms with van der Waals surface area (Å²) < 4.78 is 38.7. The predicted octanol–water partition coefficient (Wildman–Crippen LogP) is 1.89. The number of sulfonamides is 1. The molecule has 0 saturated carbocycles. The molecular weight excluding hydrogens is 346 g/mol. The molecule has 0 amide bonds. The number of para-hydroxylation sites is 1. The van der Waals surface area contributed by atoms with Gasteiger partial charge in [-0.3, -0.25) is 0 Å². The molecule has 0 aliphatic carbocycles. The summed E-state index contributed by atoms with van der Waals surface area (Å²) in [7, 11) is -2.71. The summed E-state index contributed by atoms with van der Waals surface area (Å²) in [5.41, 5.74) is 1.03. The maximum Gasteiger partial charge on any atom is 0.338 e. The van der Waals surface area contributed by atoms with Crippen LogP contribution in [0.3, 0.4) is 0 Å². The Morgan fingerprint density at radius 3 is 2.44 bits per heavy atom. The lowest BCUT2D eigenvalue weighted by Crippen LogP contribution is -2.16. The fourth-order valence-corrected chi connectivity index (χ4v) is 2.84. The van der Waals surface area contributed by atoms with Crippen molar-refractivity contribution in [1.29, 1.82) is 0 Å². The highest BCUT2D eigenvalue weighted by atomic mass is 32.2. The second-order valence-corrected chi connectivity index (χ2v) is 6.69. The molecule has 2 rings (SSSR count). The average molecular weight is 365 g/mol. The molecule has 8 heteroatoms. The highest BCUT2D eigenvalue weighted by Gasteiger charge is 2.18. The molecule has 25 heavy (non-hydrogen) atoms. The van der Waals surface area contributed by atoms with E-state index in [2.05, 4.69) is 0 Å². The van der Waals surface area contributed by atoms with Gasteiger partial charge in [-0.25, -0.2) is 18.4 Å². The van der Waals surface area contributed by atoms with Crippen LogP contribution in [0.15, 0.2) is 47.4 Å². The molecule has 7 nitrogen and oxygen atoms in total. The summed E-state index contributed by atoms with van der Waals surface area (Å²) in [5, 5.41) is 5.12. The first-order chi connectivity index (χ1) is 11.8. The second kappa shape index (κ2) is 8.00. The molecule has 0 atom stereocenters. The zero-order chi connectivity index (χ0) is 18.4. The second-order valence-electron chi connectivity index (χ2n) is 5.16. The first kappa shape index (κ1) is 18.8. The number of carbonyl (C=O) groups excluding carboxylic acids is 1. The highest BCUT2D eigenvalue weighted by molar-refractivity contribution is 7.89. The van der Waals surface area contributed by atoms with Gasteiger partial charge in [-0.05, 0) is 36.8 Å². The Bertz CT molecular complexity index is 863. The molecule has 0 aliphatic rings. The molecule has 134 valence electrons. The van der Waals surface area contributed by atoms with Crippen molar-refractivity contribution in [3.05, 3.63) is 53.6 Å². The van der Waals surface area contributed by atoms with Gasteiger partial charge < -0.3 is 14.2 Å². The van der Waals surface area contributed by atoms with Crippen molar-refractivity contribution in [2.75, 3.05) is 20.3 Å². The summed E-state index contributed by atoms with van der Waals surface area (Å²) in [6, 6.07) is 11.3. The molecular formula is C17H19NO6S. The summed E-state index contributed by atoms with van der Waals surface area (Å²) in [4.78, 5) is 11.8. The van der Waals surface area contributed by atoms with Crippen LogP contribution in [0.1, 0.15) is 15.9 Å². The van der Waals surface area contributed by atoms with Crippen LogP contribution in [-0.4, -0.2) is 34.7 Å². The van der Waals surface area contributed by atoms with E-state index in [0.717, 1.165) is 11.6 Å². The minimum absolute atomic E-state index is 0.0178. The third kappa shape index (κ3) is 4.94. The Balaban J connectivity index is 1.98. The number of primary sulfonamides is 1. The van der Waals surface area contributed by atoms with Crippen molar-refractivity contribution in [3.8, 4) is 11.5 Å². The van der Waals surface area contributed by atoms with Crippen LogP contribution >= 0.6 is 0 Å². The molecule has 0 spiro atoms. The zero-order valence-electron chi connectivity index (χ0n) is 13.9. The van der Waals surface area contributed by atoms with Crippen molar-refractivity contribution in [2.45, 2.75) is 11.8 Å². The Hall–Kier alpha value is -2.58. The van der Waals surface area contributed by atoms with E-state index in [-0.39, 0.29) is 29.4 Å². The minimum atomic E-state index is -4.03. The standard InChI is InChI=1S/C17H19NO6S/c1-12-5-3-4-6-14(12)23-9-10-24-17(19)13-7-8-15(22-2)16(11-13)25(18,20)21/h3-8,11H,9-10H2,1-2H3,(H2,18,20,21). The third-order valence-electron chi connectivity index (χ3n) is 3.37. The SMILES string of the molecule is COc1ccc(C(=O)OCCOc2ccccc2C)cc1S(N)(=O)=O. The van der Waals surface area contributed by atoms with Crippen LogP contribution in [0, 0.1) is 6.92 Å². The van der Waals surface area contributed by atoms with Crippen LogP contribution in [0.25, 0.3) is 0 Å². The Labute approximate surface area is 146 Å². The van der Waals surface area contributed by atoms with Crippen molar-refractivity contribution in [2.24, 2.45) is 5.14 Å². The fraction of sp³-hybridized carbons (Fsp3) is 0.235. The normalized spacial score (nSPS) is 11.0. The van der Waals surface area contributed by atoms with Gasteiger partial charge in [0.25, 0.3) is 0 Å². The number of carbonyl (C=O) groups is 1. The van der Waals surface area contributed by atoms with Crippen molar-refractivity contribution >= 4 is 16.0 Å². The van der Waals surface area contributed by atoms with Crippen LogP contribution in [-0.2, 0) is 14.8 Å². The monoisotopic (exact) mass is 365 g/mol. The lowest BCUT2D eigenvalue weighted by molar-refractivity contribution is 0.0450. The summed E-state index contributed by atoms with van der Waals surface area (Å²) in [6.07, 6.45) is 0. The van der Waals surface area contributed by atoms with Crippen molar-refractivity contribution in [1.82, 2.24) is 0 Å². The number of methoxy groups -OCH3 is 1. The van der Waals surface area contributed by atoms with Gasteiger partial charge in [0.2, 0.25) is 10.0 Å². The van der Waals surface area contributed by atoms with E-state index in [1.54, 1.807) is 0 Å². The first-order valence-electron chi connectivity index (χ1n) is 7.39. The summed E-state index contributed by atoms with van der Waals surface area (Å²) in [6.45, 7) is 2.10.